The van der Waals surface area contributed by atoms with Gasteiger partial charge in [-0.1, -0.05) is 88.0 Å². The second kappa shape index (κ2) is 14.9. The maximum Gasteiger partial charge on any atom is 0.174 e. The molecule has 0 spiro atoms. The summed E-state index contributed by atoms with van der Waals surface area (Å²) in [6.45, 7) is 2.23. The quantitative estimate of drug-likeness (QED) is 0.164. The molecule has 0 nitrogen and oxygen atoms in total. The molecule has 0 amide bonds. The van der Waals surface area contributed by atoms with Crippen molar-refractivity contribution in [3.8, 4) is 11.8 Å². The molecule has 1 aliphatic carbocycles. The van der Waals surface area contributed by atoms with Gasteiger partial charge < -0.3 is 0 Å². The van der Waals surface area contributed by atoms with Crippen molar-refractivity contribution in [3.05, 3.63) is 76.1 Å². The van der Waals surface area contributed by atoms with E-state index in [9.17, 15) is 17.6 Å². The Morgan fingerprint density at radius 3 is 2.11 bits per heavy atom. The van der Waals surface area contributed by atoms with Gasteiger partial charge in [0.25, 0.3) is 0 Å². The summed E-state index contributed by atoms with van der Waals surface area (Å²) in [6.07, 6.45) is 16.0. The van der Waals surface area contributed by atoms with E-state index in [0.717, 1.165) is 18.4 Å². The molecule has 194 valence electrons. The molecule has 1 saturated carbocycles. The van der Waals surface area contributed by atoms with Crippen LogP contribution < -0.4 is 0 Å². The van der Waals surface area contributed by atoms with Gasteiger partial charge in [0.1, 0.15) is 12.0 Å². The average molecular weight is 499 g/mol. The molecule has 3 rings (SSSR count). The summed E-state index contributed by atoms with van der Waals surface area (Å²) < 4.78 is 57.2. The lowest BCUT2D eigenvalue weighted by atomic mass is 9.82. The number of hydrogen-bond donors (Lipinski definition) is 0. The van der Waals surface area contributed by atoms with E-state index in [1.54, 1.807) is 12.1 Å². The number of alkyl halides is 1. The van der Waals surface area contributed by atoms with Crippen LogP contribution in [0.3, 0.4) is 0 Å². The Morgan fingerprint density at radius 2 is 1.42 bits per heavy atom. The third-order valence-electron chi connectivity index (χ3n) is 7.07. The zero-order valence-corrected chi connectivity index (χ0v) is 21.4. The fraction of sp³-hybridized carbons (Fsp3) is 0.500. The van der Waals surface area contributed by atoms with Crippen molar-refractivity contribution in [1.29, 1.82) is 0 Å². The van der Waals surface area contributed by atoms with Crippen molar-refractivity contribution < 1.29 is 17.6 Å². The summed E-state index contributed by atoms with van der Waals surface area (Å²) in [5.41, 5.74) is 1.06. The highest BCUT2D eigenvalue weighted by atomic mass is 19.2. The Kier molecular flexibility index (Phi) is 11.6. The van der Waals surface area contributed by atoms with Crippen LogP contribution in [0.25, 0.3) is 6.08 Å². The summed E-state index contributed by atoms with van der Waals surface area (Å²) in [6, 6.07) is 7.72. The molecule has 4 heteroatoms. The number of allylic oxidation sites excluding steroid dienone is 1. The predicted octanol–water partition coefficient (Wildman–Crippen LogP) is 10.0. The van der Waals surface area contributed by atoms with Crippen LogP contribution in [0, 0.1) is 29.3 Å². The first-order valence-corrected chi connectivity index (χ1v) is 13.6. The van der Waals surface area contributed by atoms with E-state index in [2.05, 4.69) is 24.8 Å². The first-order valence-electron chi connectivity index (χ1n) is 13.6. The highest BCUT2D eigenvalue weighted by molar-refractivity contribution is 5.53. The molecule has 0 N–H and O–H groups in total. The van der Waals surface area contributed by atoms with E-state index < -0.39 is 23.6 Å². The van der Waals surface area contributed by atoms with E-state index in [1.807, 2.05) is 6.08 Å². The van der Waals surface area contributed by atoms with E-state index in [1.165, 1.54) is 63.1 Å². The molecule has 36 heavy (non-hydrogen) atoms. The number of benzene rings is 2. The second-order valence-electron chi connectivity index (χ2n) is 9.93. The fourth-order valence-electron chi connectivity index (χ4n) is 4.83. The van der Waals surface area contributed by atoms with Crippen molar-refractivity contribution in [2.75, 3.05) is 0 Å². The maximum atomic E-state index is 14.7. The lowest BCUT2D eigenvalue weighted by Crippen LogP contribution is -2.15. The highest BCUT2D eigenvalue weighted by Gasteiger charge is 2.25. The third kappa shape index (κ3) is 8.54. The van der Waals surface area contributed by atoms with E-state index >= 15 is 0 Å². The Bertz CT molecular complexity index is 1050. The molecule has 0 bridgehead atoms. The molecule has 1 fully saturated rings. The molecule has 1 aliphatic rings. The van der Waals surface area contributed by atoms with E-state index in [0.29, 0.717) is 25.7 Å². The maximum absolute atomic E-state index is 14.7. The van der Waals surface area contributed by atoms with Crippen LogP contribution >= 0.6 is 0 Å². The van der Waals surface area contributed by atoms with Gasteiger partial charge in [-0.15, -0.1) is 0 Å². The summed E-state index contributed by atoms with van der Waals surface area (Å²) in [4.78, 5) is 0. The van der Waals surface area contributed by atoms with Gasteiger partial charge in [-0.3, -0.25) is 0 Å². The zero-order chi connectivity index (χ0) is 25.8. The van der Waals surface area contributed by atoms with Crippen LogP contribution in [0.4, 0.5) is 17.6 Å². The summed E-state index contributed by atoms with van der Waals surface area (Å²) in [5.74, 6) is 2.58. The molecule has 0 saturated heterocycles. The Labute approximate surface area is 214 Å². The van der Waals surface area contributed by atoms with E-state index in [-0.39, 0.29) is 22.6 Å². The smallest absolute Gasteiger partial charge is 0.174 e. The molecular weight excluding hydrogens is 460 g/mol. The summed E-state index contributed by atoms with van der Waals surface area (Å²) in [5, 5.41) is 0. The zero-order valence-electron chi connectivity index (χ0n) is 21.4. The van der Waals surface area contributed by atoms with Gasteiger partial charge in [0.15, 0.2) is 11.6 Å². The molecule has 0 atom stereocenters. The molecule has 2 aromatic rings. The Balaban J connectivity index is 1.52. The topological polar surface area (TPSA) is 0 Å². The normalized spacial score (nSPS) is 17.8. The third-order valence-corrected chi connectivity index (χ3v) is 7.07. The average Bonchev–Trinajstić information content (AvgIpc) is 2.87. The monoisotopic (exact) mass is 498 g/mol. The molecule has 0 radical (unpaired) electrons. The Hall–Kier alpha value is -2.54. The molecule has 0 unspecified atom stereocenters. The molecule has 2 aromatic carbocycles. The van der Waals surface area contributed by atoms with Gasteiger partial charge in [0.2, 0.25) is 0 Å². The number of hydrogen-bond acceptors (Lipinski definition) is 0. The van der Waals surface area contributed by atoms with Crippen LogP contribution in [-0.4, -0.2) is 6.17 Å². The predicted molar refractivity (Wildman–Crippen MR) is 141 cm³/mol. The number of rotatable bonds is 11. The summed E-state index contributed by atoms with van der Waals surface area (Å²) >= 11 is 0. The van der Waals surface area contributed by atoms with Gasteiger partial charge in [0.05, 0.1) is 11.1 Å². The van der Waals surface area contributed by atoms with Crippen molar-refractivity contribution in [1.82, 2.24) is 0 Å². The Morgan fingerprint density at radius 1 is 0.778 bits per heavy atom. The minimum absolute atomic E-state index is 0.107. The van der Waals surface area contributed by atoms with Gasteiger partial charge in [-0.05, 0) is 73.8 Å². The second-order valence-corrected chi connectivity index (χ2v) is 9.93. The number of halogens is 4. The number of unbranched alkanes of at least 4 members (excludes halogenated alkanes) is 8. The molecule has 0 heterocycles. The minimum atomic E-state index is -1.02. The van der Waals surface area contributed by atoms with Crippen LogP contribution in [0.15, 0.2) is 36.4 Å². The van der Waals surface area contributed by atoms with Crippen LogP contribution in [0.2, 0.25) is 0 Å². The first-order chi connectivity index (χ1) is 17.5. The lowest BCUT2D eigenvalue weighted by molar-refractivity contribution is 0.233. The van der Waals surface area contributed by atoms with Gasteiger partial charge >= 0.3 is 0 Å². The standard InChI is InChI=1S/C32H38F4/c1-2-3-4-5-6-7-8-9-10-11-12-24-13-14-26(30(34)23-24)15-16-27-19-22-29(32(36)31(27)35)25-17-20-28(33)21-18-25/h11-14,19,22-23,25,28H,2-10,17-18,20-21H2,1H3/b12-11+. The van der Waals surface area contributed by atoms with Crippen molar-refractivity contribution >= 4 is 6.08 Å². The highest BCUT2D eigenvalue weighted by Crippen LogP contribution is 2.36. The molecular formula is C32H38F4. The van der Waals surface area contributed by atoms with Crippen molar-refractivity contribution in [2.45, 2.75) is 102 Å². The van der Waals surface area contributed by atoms with E-state index in [4.69, 9.17) is 0 Å². The van der Waals surface area contributed by atoms with Crippen LogP contribution in [0.5, 0.6) is 0 Å². The minimum Gasteiger partial charge on any atom is -0.247 e. The SMILES string of the molecule is CCCCCCCCCC/C=C/c1ccc(C#Cc2ccc(C3CCC(F)CC3)c(F)c2F)c(F)c1. The lowest BCUT2D eigenvalue weighted by Gasteiger charge is -2.25. The van der Waals surface area contributed by atoms with Gasteiger partial charge in [-0.25, -0.2) is 17.6 Å². The van der Waals surface area contributed by atoms with Crippen LogP contribution in [0.1, 0.15) is 119 Å². The summed E-state index contributed by atoms with van der Waals surface area (Å²) in [7, 11) is 0. The first kappa shape index (κ1) is 28.0. The molecule has 0 aliphatic heterocycles. The van der Waals surface area contributed by atoms with Gasteiger partial charge in [-0.2, -0.15) is 0 Å². The van der Waals surface area contributed by atoms with Gasteiger partial charge in [0, 0.05) is 0 Å². The van der Waals surface area contributed by atoms with Crippen molar-refractivity contribution in [3.63, 3.8) is 0 Å². The molecule has 0 aromatic heterocycles. The van der Waals surface area contributed by atoms with Crippen LogP contribution in [-0.2, 0) is 0 Å². The van der Waals surface area contributed by atoms with Crippen molar-refractivity contribution in [2.24, 2.45) is 0 Å². The fourth-order valence-corrected chi connectivity index (χ4v) is 4.83. The largest absolute Gasteiger partial charge is 0.247 e.